The lowest BCUT2D eigenvalue weighted by atomic mass is 9.63. The molecule has 2 rings (SSSR count). The highest BCUT2D eigenvalue weighted by molar-refractivity contribution is 5.03. The molecule has 4 heteroatoms. The zero-order chi connectivity index (χ0) is 7.90. The summed E-state index contributed by atoms with van der Waals surface area (Å²) < 4.78 is 27.6. The molecule has 1 aliphatic carbocycles. The van der Waals surface area contributed by atoms with Gasteiger partial charge in [-0.05, 0) is 12.8 Å². The molecule has 2 fully saturated rings. The first kappa shape index (κ1) is 7.43. The Labute approximate surface area is 63.9 Å². The Hall–Kier alpha value is -0.220. The lowest BCUT2D eigenvalue weighted by Crippen LogP contribution is -2.62. The molecule has 1 spiro atoms. The van der Waals surface area contributed by atoms with E-state index in [1.54, 1.807) is 0 Å². The maximum Gasteiger partial charge on any atom is 0.345 e. The van der Waals surface area contributed by atoms with Crippen LogP contribution in [0, 0.1) is 5.41 Å². The Morgan fingerprint density at radius 2 is 2.00 bits per heavy atom. The van der Waals surface area contributed by atoms with Crippen molar-refractivity contribution in [1.29, 1.82) is 0 Å². The second kappa shape index (κ2) is 2.38. The number of nitrogens with one attached hydrogen (secondary N) is 1. The summed E-state index contributed by atoms with van der Waals surface area (Å²) in [4.78, 5) is 0. The van der Waals surface area contributed by atoms with Crippen molar-refractivity contribution in [3.63, 3.8) is 0 Å². The Bertz CT molecular complexity index is 151. The number of hydrogen-bond donors (Lipinski definition) is 1. The molecule has 0 atom stereocenters. The fourth-order valence-electron chi connectivity index (χ4n) is 1.92. The number of alkyl halides is 2. The average Bonchev–Trinajstić information content (AvgIpc) is 1.71. The molecule has 1 saturated carbocycles. The van der Waals surface area contributed by atoms with E-state index in [0.29, 0.717) is 5.41 Å². The molecule has 0 aromatic carbocycles. The quantitative estimate of drug-likeness (QED) is 0.655. The maximum absolute atomic E-state index is 11.6. The van der Waals surface area contributed by atoms with Crippen LogP contribution in [0.25, 0.3) is 0 Å². The van der Waals surface area contributed by atoms with E-state index in [9.17, 15) is 8.78 Å². The number of halogens is 2. The third-order valence-corrected chi connectivity index (χ3v) is 2.62. The third kappa shape index (κ3) is 1.25. The van der Waals surface area contributed by atoms with Crippen LogP contribution in [0.4, 0.5) is 8.78 Å². The Kier molecular flexibility index (Phi) is 1.61. The molecule has 2 nitrogen and oxygen atoms in total. The zero-order valence-corrected chi connectivity index (χ0v) is 6.15. The van der Waals surface area contributed by atoms with Crippen molar-refractivity contribution >= 4 is 0 Å². The Morgan fingerprint density at radius 3 is 2.36 bits per heavy atom. The van der Waals surface area contributed by atoms with E-state index >= 15 is 0 Å². The van der Waals surface area contributed by atoms with Crippen LogP contribution >= 0.6 is 0 Å². The van der Waals surface area contributed by atoms with Gasteiger partial charge in [-0.2, -0.15) is 8.78 Å². The van der Waals surface area contributed by atoms with Crippen LogP contribution in [0.15, 0.2) is 0 Å². The summed E-state index contributed by atoms with van der Waals surface area (Å²) in [5.74, 6) is 0. The monoisotopic (exact) mass is 163 g/mol. The molecule has 0 unspecified atom stereocenters. The summed E-state index contributed by atoms with van der Waals surface area (Å²) in [6.45, 7) is -0.628. The van der Waals surface area contributed by atoms with Gasteiger partial charge in [-0.1, -0.05) is 0 Å². The van der Waals surface area contributed by atoms with Gasteiger partial charge in [0.25, 0.3) is 0 Å². The van der Waals surface area contributed by atoms with Crippen LogP contribution in [0.1, 0.15) is 12.8 Å². The molecule has 1 N–H and O–H groups in total. The van der Waals surface area contributed by atoms with E-state index in [4.69, 9.17) is 0 Å². The standard InChI is InChI=1S/C7H11F2NO/c8-6(9)11-5-1-7(2-5)3-10-4-7/h5-6,10H,1-4H2. The number of hydrogen-bond acceptors (Lipinski definition) is 2. The topological polar surface area (TPSA) is 21.3 Å². The SMILES string of the molecule is FC(F)OC1CC2(CNC2)C1. The molecule has 0 bridgehead atoms. The first-order valence-electron chi connectivity index (χ1n) is 3.85. The van der Waals surface area contributed by atoms with Crippen molar-refractivity contribution in [1.82, 2.24) is 5.32 Å². The summed E-state index contributed by atoms with van der Waals surface area (Å²) in [7, 11) is 0. The Balaban J connectivity index is 1.71. The summed E-state index contributed by atoms with van der Waals surface area (Å²) in [5, 5.41) is 3.13. The van der Waals surface area contributed by atoms with Crippen molar-refractivity contribution in [3.05, 3.63) is 0 Å². The van der Waals surface area contributed by atoms with Gasteiger partial charge in [0.15, 0.2) is 0 Å². The molecular formula is C7H11F2NO. The minimum absolute atomic E-state index is 0.183. The van der Waals surface area contributed by atoms with Gasteiger partial charge in [0, 0.05) is 18.5 Å². The highest BCUT2D eigenvalue weighted by Gasteiger charge is 2.49. The van der Waals surface area contributed by atoms with Crippen LogP contribution in [-0.4, -0.2) is 25.8 Å². The van der Waals surface area contributed by atoms with E-state index in [2.05, 4.69) is 10.1 Å². The normalized spacial score (nSPS) is 28.6. The van der Waals surface area contributed by atoms with Crippen molar-refractivity contribution in [2.75, 3.05) is 13.1 Å². The van der Waals surface area contributed by atoms with Gasteiger partial charge >= 0.3 is 6.61 Å². The van der Waals surface area contributed by atoms with Gasteiger partial charge < -0.3 is 10.1 Å². The fraction of sp³-hybridized carbons (Fsp3) is 1.00. The first-order chi connectivity index (χ1) is 5.20. The molecule has 11 heavy (non-hydrogen) atoms. The molecule has 0 aromatic heterocycles. The van der Waals surface area contributed by atoms with Gasteiger partial charge in [-0.3, -0.25) is 0 Å². The predicted molar refractivity (Wildman–Crippen MR) is 35.4 cm³/mol. The highest BCUT2D eigenvalue weighted by Crippen LogP contribution is 2.46. The molecule has 0 radical (unpaired) electrons. The van der Waals surface area contributed by atoms with Gasteiger partial charge in [0.2, 0.25) is 0 Å². The minimum Gasteiger partial charge on any atom is -0.320 e. The van der Waals surface area contributed by atoms with E-state index in [1.165, 1.54) is 0 Å². The van der Waals surface area contributed by atoms with Gasteiger partial charge in [0.05, 0.1) is 6.10 Å². The third-order valence-electron chi connectivity index (χ3n) is 2.62. The number of rotatable bonds is 2. The maximum atomic E-state index is 11.6. The molecule has 2 aliphatic rings. The van der Waals surface area contributed by atoms with Crippen LogP contribution < -0.4 is 5.32 Å². The van der Waals surface area contributed by atoms with E-state index < -0.39 is 6.61 Å². The van der Waals surface area contributed by atoms with Gasteiger partial charge in [0.1, 0.15) is 0 Å². The fourth-order valence-corrected chi connectivity index (χ4v) is 1.92. The second-order valence-electron chi connectivity index (χ2n) is 3.53. The first-order valence-corrected chi connectivity index (χ1v) is 3.85. The summed E-state index contributed by atoms with van der Waals surface area (Å²) in [5.41, 5.74) is 0.333. The molecule has 1 heterocycles. The molecule has 64 valence electrons. The van der Waals surface area contributed by atoms with Crippen LogP contribution in [-0.2, 0) is 4.74 Å². The predicted octanol–water partition coefficient (Wildman–Crippen LogP) is 0.978. The number of ether oxygens (including phenoxy) is 1. The van der Waals surface area contributed by atoms with Crippen molar-refractivity contribution in [3.8, 4) is 0 Å². The Morgan fingerprint density at radius 1 is 1.36 bits per heavy atom. The molecule has 1 saturated heterocycles. The molecule has 0 amide bonds. The largest absolute Gasteiger partial charge is 0.345 e. The van der Waals surface area contributed by atoms with Crippen molar-refractivity contribution in [2.24, 2.45) is 5.41 Å². The molecular weight excluding hydrogens is 152 g/mol. The van der Waals surface area contributed by atoms with Crippen LogP contribution in [0.3, 0.4) is 0 Å². The van der Waals surface area contributed by atoms with E-state index in [-0.39, 0.29) is 6.10 Å². The minimum atomic E-state index is -2.59. The second-order valence-corrected chi connectivity index (χ2v) is 3.53. The zero-order valence-electron chi connectivity index (χ0n) is 6.15. The van der Waals surface area contributed by atoms with Crippen LogP contribution in [0.2, 0.25) is 0 Å². The lowest BCUT2D eigenvalue weighted by Gasteiger charge is -2.53. The lowest BCUT2D eigenvalue weighted by molar-refractivity contribution is -0.214. The average molecular weight is 163 g/mol. The van der Waals surface area contributed by atoms with Crippen molar-refractivity contribution < 1.29 is 13.5 Å². The molecule has 0 aromatic rings. The summed E-state index contributed by atoms with van der Waals surface area (Å²) in [6.07, 6.45) is 1.44. The highest BCUT2D eigenvalue weighted by atomic mass is 19.3. The summed E-state index contributed by atoms with van der Waals surface area (Å²) >= 11 is 0. The van der Waals surface area contributed by atoms with Gasteiger partial charge in [-0.15, -0.1) is 0 Å². The van der Waals surface area contributed by atoms with E-state index in [1.807, 2.05) is 0 Å². The van der Waals surface area contributed by atoms with E-state index in [0.717, 1.165) is 25.9 Å². The smallest absolute Gasteiger partial charge is 0.320 e. The molecule has 1 aliphatic heterocycles. The summed E-state index contributed by atoms with van der Waals surface area (Å²) in [6, 6.07) is 0. The van der Waals surface area contributed by atoms with Gasteiger partial charge in [-0.25, -0.2) is 0 Å². The van der Waals surface area contributed by atoms with Crippen molar-refractivity contribution in [2.45, 2.75) is 25.6 Å². The van der Waals surface area contributed by atoms with Crippen LogP contribution in [0.5, 0.6) is 0 Å².